The summed E-state index contributed by atoms with van der Waals surface area (Å²) < 4.78 is 0. The van der Waals surface area contributed by atoms with Crippen molar-refractivity contribution in [3.05, 3.63) is 35.9 Å². The highest BCUT2D eigenvalue weighted by Crippen LogP contribution is 2.33. The Labute approximate surface area is 131 Å². The van der Waals surface area contributed by atoms with Crippen molar-refractivity contribution in [2.75, 3.05) is 13.1 Å². The minimum absolute atomic E-state index is 0.0144. The van der Waals surface area contributed by atoms with Crippen molar-refractivity contribution >= 4 is 37.8 Å². The SMILES string of the molecule is CC1CCN(C(=O)C(Br)C(Br)c2ccccc2)CC1. The maximum atomic E-state index is 12.5. The van der Waals surface area contributed by atoms with E-state index in [0.29, 0.717) is 0 Å². The summed E-state index contributed by atoms with van der Waals surface area (Å²) in [6.07, 6.45) is 2.23. The highest BCUT2D eigenvalue weighted by atomic mass is 79.9. The van der Waals surface area contributed by atoms with Gasteiger partial charge in [-0.25, -0.2) is 0 Å². The second-order valence-electron chi connectivity index (χ2n) is 5.22. The number of carbonyl (C=O) groups excluding carboxylic acids is 1. The molecule has 1 aromatic carbocycles. The minimum atomic E-state index is -0.205. The van der Waals surface area contributed by atoms with Gasteiger partial charge in [-0.3, -0.25) is 4.79 Å². The first-order valence-corrected chi connectivity index (χ1v) is 8.54. The Kier molecular flexibility index (Phi) is 5.46. The molecule has 19 heavy (non-hydrogen) atoms. The molecule has 0 radical (unpaired) electrons. The second kappa shape index (κ2) is 6.89. The molecule has 2 unspecified atom stereocenters. The second-order valence-corrected chi connectivity index (χ2v) is 7.20. The first-order chi connectivity index (χ1) is 9.09. The number of hydrogen-bond donors (Lipinski definition) is 0. The molecule has 104 valence electrons. The van der Waals surface area contributed by atoms with E-state index in [-0.39, 0.29) is 15.6 Å². The fourth-order valence-electron chi connectivity index (χ4n) is 2.33. The van der Waals surface area contributed by atoms with Gasteiger partial charge in [-0.2, -0.15) is 0 Å². The summed E-state index contributed by atoms with van der Waals surface area (Å²) in [7, 11) is 0. The molecule has 0 aromatic heterocycles. The van der Waals surface area contributed by atoms with Crippen molar-refractivity contribution in [2.45, 2.75) is 29.4 Å². The Bertz CT molecular complexity index is 415. The number of hydrogen-bond acceptors (Lipinski definition) is 1. The van der Waals surface area contributed by atoms with Crippen molar-refractivity contribution in [3.8, 4) is 0 Å². The Morgan fingerprint density at radius 2 is 1.79 bits per heavy atom. The van der Waals surface area contributed by atoms with Gasteiger partial charge < -0.3 is 4.90 Å². The lowest BCUT2D eigenvalue weighted by molar-refractivity contribution is -0.131. The fraction of sp³-hybridized carbons (Fsp3) is 0.533. The van der Waals surface area contributed by atoms with E-state index in [2.05, 4.69) is 38.8 Å². The molecule has 1 aliphatic rings. The van der Waals surface area contributed by atoms with Gasteiger partial charge in [0.25, 0.3) is 0 Å². The minimum Gasteiger partial charge on any atom is -0.342 e. The van der Waals surface area contributed by atoms with Gasteiger partial charge in [0, 0.05) is 13.1 Å². The molecule has 0 saturated carbocycles. The molecule has 2 rings (SSSR count). The zero-order valence-corrected chi connectivity index (χ0v) is 14.2. The fourth-order valence-corrected chi connectivity index (χ4v) is 3.46. The molecule has 2 nitrogen and oxygen atoms in total. The van der Waals surface area contributed by atoms with Crippen LogP contribution in [0.25, 0.3) is 0 Å². The van der Waals surface area contributed by atoms with Gasteiger partial charge in [0.15, 0.2) is 0 Å². The van der Waals surface area contributed by atoms with E-state index in [9.17, 15) is 4.79 Å². The third-order valence-corrected chi connectivity index (χ3v) is 6.39. The average molecular weight is 389 g/mol. The maximum absolute atomic E-state index is 12.5. The monoisotopic (exact) mass is 387 g/mol. The topological polar surface area (TPSA) is 20.3 Å². The Balaban J connectivity index is 1.99. The van der Waals surface area contributed by atoms with Gasteiger partial charge in [-0.15, -0.1) is 0 Å². The molecular formula is C15H19Br2NO. The van der Waals surface area contributed by atoms with Crippen LogP contribution in [-0.2, 0) is 4.79 Å². The highest BCUT2D eigenvalue weighted by molar-refractivity contribution is 9.12. The molecule has 4 heteroatoms. The first kappa shape index (κ1) is 15.0. The number of carbonyl (C=O) groups is 1. The van der Waals surface area contributed by atoms with Gasteiger partial charge in [0.1, 0.15) is 4.83 Å². The van der Waals surface area contributed by atoms with Crippen molar-refractivity contribution < 1.29 is 4.79 Å². The van der Waals surface area contributed by atoms with Gasteiger partial charge in [0.2, 0.25) is 5.91 Å². The summed E-state index contributed by atoms with van der Waals surface area (Å²) in [4.78, 5) is 14.3. The van der Waals surface area contributed by atoms with Crippen LogP contribution in [0.1, 0.15) is 30.2 Å². The number of alkyl halides is 2. The number of likely N-dealkylation sites (tertiary alicyclic amines) is 1. The van der Waals surface area contributed by atoms with Crippen LogP contribution in [0.3, 0.4) is 0 Å². The summed E-state index contributed by atoms with van der Waals surface area (Å²) in [6.45, 7) is 4.03. The van der Waals surface area contributed by atoms with Gasteiger partial charge in [-0.1, -0.05) is 69.1 Å². The predicted molar refractivity (Wildman–Crippen MR) is 85.8 cm³/mol. The van der Waals surface area contributed by atoms with Crippen LogP contribution in [0, 0.1) is 5.92 Å². The Hall–Kier alpha value is -0.350. The van der Waals surface area contributed by atoms with E-state index in [4.69, 9.17) is 0 Å². The summed E-state index contributed by atoms with van der Waals surface area (Å²) >= 11 is 7.19. The molecule has 0 bridgehead atoms. The van der Waals surface area contributed by atoms with E-state index in [1.54, 1.807) is 0 Å². The first-order valence-electron chi connectivity index (χ1n) is 6.71. The molecule has 1 saturated heterocycles. The van der Waals surface area contributed by atoms with Gasteiger partial charge in [-0.05, 0) is 24.3 Å². The van der Waals surface area contributed by atoms with Crippen LogP contribution < -0.4 is 0 Å². The predicted octanol–water partition coefficient (Wildman–Crippen LogP) is 4.14. The largest absolute Gasteiger partial charge is 0.342 e. The number of nitrogens with zero attached hydrogens (tertiary/aromatic N) is 1. The summed E-state index contributed by atoms with van der Waals surface area (Å²) in [5, 5.41) is 0. The quantitative estimate of drug-likeness (QED) is 0.712. The summed E-state index contributed by atoms with van der Waals surface area (Å²) in [5.74, 6) is 0.935. The normalized spacial score (nSPS) is 20.1. The van der Waals surface area contributed by atoms with Gasteiger partial charge >= 0.3 is 0 Å². The Morgan fingerprint density at radius 3 is 2.37 bits per heavy atom. The van der Waals surface area contributed by atoms with Crippen LogP contribution >= 0.6 is 31.9 Å². The van der Waals surface area contributed by atoms with E-state index < -0.39 is 0 Å². The van der Waals surface area contributed by atoms with Crippen molar-refractivity contribution in [2.24, 2.45) is 5.92 Å². The summed E-state index contributed by atoms with van der Waals surface area (Å²) in [5.41, 5.74) is 1.13. The van der Waals surface area contributed by atoms with Crippen LogP contribution in [0.15, 0.2) is 30.3 Å². The molecule has 1 aromatic rings. The molecule has 1 amide bonds. The molecule has 0 aliphatic carbocycles. The molecule has 1 heterocycles. The number of rotatable bonds is 3. The summed E-state index contributed by atoms with van der Waals surface area (Å²) in [6, 6.07) is 10.1. The third kappa shape index (κ3) is 3.82. The smallest absolute Gasteiger partial charge is 0.237 e. The van der Waals surface area contributed by atoms with E-state index >= 15 is 0 Å². The molecule has 0 spiro atoms. The number of piperidine rings is 1. The lowest BCUT2D eigenvalue weighted by Gasteiger charge is -2.32. The average Bonchev–Trinajstić information content (AvgIpc) is 2.46. The molecule has 1 fully saturated rings. The van der Waals surface area contributed by atoms with Crippen LogP contribution in [0.5, 0.6) is 0 Å². The van der Waals surface area contributed by atoms with Gasteiger partial charge in [0.05, 0.1) is 4.83 Å². The zero-order chi connectivity index (χ0) is 13.8. The van der Waals surface area contributed by atoms with Crippen LogP contribution in [0.4, 0.5) is 0 Å². The van der Waals surface area contributed by atoms with Crippen molar-refractivity contribution in [1.29, 1.82) is 0 Å². The van der Waals surface area contributed by atoms with Crippen molar-refractivity contribution in [3.63, 3.8) is 0 Å². The zero-order valence-electron chi connectivity index (χ0n) is 11.1. The van der Waals surface area contributed by atoms with E-state index in [0.717, 1.165) is 37.4 Å². The lowest BCUT2D eigenvalue weighted by Crippen LogP contribution is -2.42. The molecule has 0 N–H and O–H groups in total. The van der Waals surface area contributed by atoms with E-state index in [1.165, 1.54) is 0 Å². The molecular weight excluding hydrogens is 370 g/mol. The molecule has 2 atom stereocenters. The number of amides is 1. The number of halogens is 2. The number of benzene rings is 1. The van der Waals surface area contributed by atoms with Crippen LogP contribution in [0.2, 0.25) is 0 Å². The highest BCUT2D eigenvalue weighted by Gasteiger charge is 2.30. The third-order valence-electron chi connectivity index (χ3n) is 3.71. The maximum Gasteiger partial charge on any atom is 0.237 e. The van der Waals surface area contributed by atoms with E-state index in [1.807, 2.05) is 35.2 Å². The standard InChI is InChI=1S/C15H19Br2NO/c1-11-7-9-18(10-8-11)15(19)14(17)13(16)12-5-3-2-4-6-12/h2-6,11,13-14H,7-10H2,1H3. The van der Waals surface area contributed by atoms with Crippen molar-refractivity contribution in [1.82, 2.24) is 4.90 Å². The Morgan fingerprint density at radius 1 is 1.21 bits per heavy atom. The van der Waals surface area contributed by atoms with Crippen LogP contribution in [-0.4, -0.2) is 28.7 Å². The molecule has 1 aliphatic heterocycles. The lowest BCUT2D eigenvalue weighted by atomic mass is 9.98.